The normalized spacial score (nSPS) is 12.5. The van der Waals surface area contributed by atoms with Gasteiger partial charge in [-0.2, -0.15) is 0 Å². The molecular formula is C10H14O3. The van der Waals surface area contributed by atoms with E-state index in [1.54, 1.807) is 0 Å². The summed E-state index contributed by atoms with van der Waals surface area (Å²) in [6, 6.07) is 9.29. The van der Waals surface area contributed by atoms with Crippen LogP contribution in [0.2, 0.25) is 0 Å². The molecule has 1 rings (SSSR count). The Balaban J connectivity index is 2.27. The van der Waals surface area contributed by atoms with Crippen LogP contribution < -0.4 is 4.74 Å². The summed E-state index contributed by atoms with van der Waals surface area (Å²) >= 11 is 0. The Kier molecular flexibility index (Phi) is 4.29. The summed E-state index contributed by atoms with van der Waals surface area (Å²) in [5, 5.41) is 17.7. The van der Waals surface area contributed by atoms with Gasteiger partial charge in [-0.25, -0.2) is 0 Å². The van der Waals surface area contributed by atoms with Crippen LogP contribution >= 0.6 is 0 Å². The molecule has 72 valence electrons. The standard InChI is InChI=1S/C10H14O3/c11-7-6-9(12)8-13-10-4-2-1-3-5-10/h1-5,9,11-12H,6-8H2. The lowest BCUT2D eigenvalue weighted by atomic mass is 10.3. The zero-order valence-corrected chi connectivity index (χ0v) is 7.39. The van der Waals surface area contributed by atoms with E-state index in [0.717, 1.165) is 5.75 Å². The molecule has 1 aromatic carbocycles. The van der Waals surface area contributed by atoms with Gasteiger partial charge >= 0.3 is 0 Å². The Hall–Kier alpha value is -1.06. The summed E-state index contributed by atoms with van der Waals surface area (Å²) in [7, 11) is 0. The van der Waals surface area contributed by atoms with Crippen molar-refractivity contribution in [2.24, 2.45) is 0 Å². The largest absolute Gasteiger partial charge is 0.491 e. The third kappa shape index (κ3) is 3.92. The van der Waals surface area contributed by atoms with Crippen molar-refractivity contribution >= 4 is 0 Å². The van der Waals surface area contributed by atoms with Gasteiger partial charge in [0.15, 0.2) is 0 Å². The Bertz CT molecular complexity index is 223. The number of hydrogen-bond acceptors (Lipinski definition) is 3. The summed E-state index contributed by atoms with van der Waals surface area (Å²) in [4.78, 5) is 0. The van der Waals surface area contributed by atoms with Gasteiger partial charge in [0.25, 0.3) is 0 Å². The van der Waals surface area contributed by atoms with Gasteiger partial charge in [0, 0.05) is 6.61 Å². The monoisotopic (exact) mass is 182 g/mol. The van der Waals surface area contributed by atoms with Crippen LogP contribution in [0.1, 0.15) is 6.42 Å². The molecule has 0 saturated carbocycles. The van der Waals surface area contributed by atoms with Crippen molar-refractivity contribution in [3.8, 4) is 5.75 Å². The topological polar surface area (TPSA) is 49.7 Å². The van der Waals surface area contributed by atoms with Crippen LogP contribution in [-0.4, -0.2) is 29.5 Å². The van der Waals surface area contributed by atoms with Gasteiger partial charge in [-0.3, -0.25) is 0 Å². The van der Waals surface area contributed by atoms with Gasteiger partial charge in [-0.1, -0.05) is 18.2 Å². The second-order valence-electron chi connectivity index (χ2n) is 2.79. The summed E-state index contributed by atoms with van der Waals surface area (Å²) in [5.41, 5.74) is 0. The van der Waals surface area contributed by atoms with E-state index in [0.29, 0.717) is 6.42 Å². The predicted molar refractivity (Wildman–Crippen MR) is 49.6 cm³/mol. The molecule has 1 atom stereocenters. The van der Waals surface area contributed by atoms with E-state index >= 15 is 0 Å². The molecule has 0 amide bonds. The molecule has 0 aromatic heterocycles. The Morgan fingerprint density at radius 2 is 1.92 bits per heavy atom. The molecule has 0 radical (unpaired) electrons. The third-order valence-electron chi connectivity index (χ3n) is 1.65. The molecule has 1 unspecified atom stereocenters. The second-order valence-corrected chi connectivity index (χ2v) is 2.79. The number of benzene rings is 1. The fourth-order valence-corrected chi connectivity index (χ4v) is 0.941. The number of para-hydroxylation sites is 1. The highest BCUT2D eigenvalue weighted by Gasteiger charge is 2.03. The Morgan fingerprint density at radius 3 is 2.54 bits per heavy atom. The third-order valence-corrected chi connectivity index (χ3v) is 1.65. The van der Waals surface area contributed by atoms with Crippen LogP contribution in [0.4, 0.5) is 0 Å². The zero-order chi connectivity index (χ0) is 9.52. The summed E-state index contributed by atoms with van der Waals surface area (Å²) in [5.74, 6) is 0.736. The van der Waals surface area contributed by atoms with E-state index in [1.807, 2.05) is 30.3 Å². The number of ether oxygens (including phenoxy) is 1. The van der Waals surface area contributed by atoms with Crippen molar-refractivity contribution in [3.05, 3.63) is 30.3 Å². The first-order valence-electron chi connectivity index (χ1n) is 4.29. The molecule has 0 heterocycles. The van der Waals surface area contributed by atoms with Crippen molar-refractivity contribution in [2.75, 3.05) is 13.2 Å². The molecular weight excluding hydrogens is 168 g/mol. The lowest BCUT2D eigenvalue weighted by Crippen LogP contribution is -2.18. The molecule has 1 aromatic rings. The number of aliphatic hydroxyl groups excluding tert-OH is 2. The van der Waals surface area contributed by atoms with E-state index in [4.69, 9.17) is 9.84 Å². The minimum Gasteiger partial charge on any atom is -0.491 e. The van der Waals surface area contributed by atoms with E-state index in [2.05, 4.69) is 0 Å². The molecule has 2 N–H and O–H groups in total. The van der Waals surface area contributed by atoms with Gasteiger partial charge in [0.1, 0.15) is 12.4 Å². The molecule has 0 spiro atoms. The quantitative estimate of drug-likeness (QED) is 0.708. The number of aliphatic hydroxyl groups is 2. The average Bonchev–Trinajstić information content (AvgIpc) is 2.17. The van der Waals surface area contributed by atoms with E-state index < -0.39 is 6.10 Å². The molecule has 3 nitrogen and oxygen atoms in total. The lowest BCUT2D eigenvalue weighted by molar-refractivity contribution is 0.0821. The van der Waals surface area contributed by atoms with Crippen molar-refractivity contribution in [2.45, 2.75) is 12.5 Å². The molecule has 0 fully saturated rings. The van der Waals surface area contributed by atoms with E-state index in [9.17, 15) is 5.11 Å². The molecule has 0 aliphatic rings. The highest BCUT2D eigenvalue weighted by atomic mass is 16.5. The maximum atomic E-state index is 9.23. The molecule has 0 aliphatic carbocycles. The van der Waals surface area contributed by atoms with Crippen LogP contribution in [-0.2, 0) is 0 Å². The van der Waals surface area contributed by atoms with Gasteiger partial charge < -0.3 is 14.9 Å². The lowest BCUT2D eigenvalue weighted by Gasteiger charge is -2.10. The molecule has 3 heteroatoms. The second kappa shape index (κ2) is 5.56. The summed E-state index contributed by atoms with van der Waals surface area (Å²) in [6.45, 7) is 0.212. The maximum absolute atomic E-state index is 9.23. The predicted octanol–water partition coefficient (Wildman–Crippen LogP) is 0.809. The van der Waals surface area contributed by atoms with Gasteiger partial charge in [0.2, 0.25) is 0 Å². The number of rotatable bonds is 5. The van der Waals surface area contributed by atoms with Gasteiger partial charge in [0.05, 0.1) is 6.10 Å². The van der Waals surface area contributed by atoms with E-state index in [1.165, 1.54) is 0 Å². The zero-order valence-electron chi connectivity index (χ0n) is 7.39. The Morgan fingerprint density at radius 1 is 1.23 bits per heavy atom. The van der Waals surface area contributed by atoms with Crippen LogP contribution in [0.3, 0.4) is 0 Å². The first kappa shape index (κ1) is 10.0. The highest BCUT2D eigenvalue weighted by molar-refractivity contribution is 5.20. The highest BCUT2D eigenvalue weighted by Crippen LogP contribution is 2.08. The first-order valence-corrected chi connectivity index (χ1v) is 4.29. The fourth-order valence-electron chi connectivity index (χ4n) is 0.941. The SMILES string of the molecule is OCCC(O)COc1ccccc1. The van der Waals surface area contributed by atoms with Crippen molar-refractivity contribution in [1.82, 2.24) is 0 Å². The molecule has 0 saturated heterocycles. The van der Waals surface area contributed by atoms with Crippen LogP contribution in [0.5, 0.6) is 5.75 Å². The molecule has 0 bridgehead atoms. The van der Waals surface area contributed by atoms with Crippen LogP contribution in [0.25, 0.3) is 0 Å². The van der Waals surface area contributed by atoms with Gasteiger partial charge in [-0.15, -0.1) is 0 Å². The summed E-state index contributed by atoms with van der Waals surface area (Å²) in [6.07, 6.45) is -0.238. The molecule has 0 aliphatic heterocycles. The van der Waals surface area contributed by atoms with Crippen molar-refractivity contribution in [3.63, 3.8) is 0 Å². The van der Waals surface area contributed by atoms with Gasteiger partial charge in [-0.05, 0) is 18.6 Å². The molecule has 13 heavy (non-hydrogen) atoms. The minimum absolute atomic E-state index is 0.0146. The van der Waals surface area contributed by atoms with Crippen molar-refractivity contribution in [1.29, 1.82) is 0 Å². The smallest absolute Gasteiger partial charge is 0.119 e. The first-order chi connectivity index (χ1) is 6.33. The van der Waals surface area contributed by atoms with Crippen LogP contribution in [0, 0.1) is 0 Å². The summed E-state index contributed by atoms with van der Waals surface area (Å²) < 4.78 is 5.26. The average molecular weight is 182 g/mol. The maximum Gasteiger partial charge on any atom is 0.119 e. The van der Waals surface area contributed by atoms with Crippen molar-refractivity contribution < 1.29 is 14.9 Å². The number of hydrogen-bond donors (Lipinski definition) is 2. The fraction of sp³-hybridized carbons (Fsp3) is 0.400. The van der Waals surface area contributed by atoms with E-state index in [-0.39, 0.29) is 13.2 Å². The Labute approximate surface area is 77.6 Å². The minimum atomic E-state index is -0.592. The van der Waals surface area contributed by atoms with Crippen LogP contribution in [0.15, 0.2) is 30.3 Å².